The molecular formula is C16H8F2N4O8. The zero-order valence-electron chi connectivity index (χ0n) is 14.4. The van der Waals surface area contributed by atoms with Crippen molar-refractivity contribution in [1.29, 1.82) is 0 Å². The summed E-state index contributed by atoms with van der Waals surface area (Å²) < 4.78 is 26.7. The number of carbonyl (C=O) groups is 2. The van der Waals surface area contributed by atoms with E-state index in [0.717, 1.165) is 18.2 Å². The maximum absolute atomic E-state index is 13.2. The molecule has 3 rings (SSSR count). The number of aromatic amines is 2. The standard InChI is InChI=1S/C16H8F2N4O8/c17-9-5-21(15(27)19-11(9)23)29-13(25)7-2-1-3-8(4-7)14(26)30-22-6-10(18)12(24)20-16(22)28/h1-6H,(H,19,23,27)(H,20,24,28). The fourth-order valence-corrected chi connectivity index (χ4v) is 2.06. The fraction of sp³-hybridized carbons (Fsp3) is 0. The van der Waals surface area contributed by atoms with Gasteiger partial charge in [-0.25, -0.2) is 19.2 Å². The Balaban J connectivity index is 1.84. The lowest BCUT2D eigenvalue weighted by Crippen LogP contribution is -2.37. The van der Waals surface area contributed by atoms with Crippen molar-refractivity contribution < 1.29 is 28.0 Å². The topological polar surface area (TPSA) is 162 Å². The summed E-state index contributed by atoms with van der Waals surface area (Å²) in [6, 6.07) is 4.47. The highest BCUT2D eigenvalue weighted by molar-refractivity contribution is 5.95. The van der Waals surface area contributed by atoms with Crippen molar-refractivity contribution in [3.05, 3.63) is 101 Å². The molecule has 12 nitrogen and oxygen atoms in total. The second-order valence-electron chi connectivity index (χ2n) is 5.46. The van der Waals surface area contributed by atoms with E-state index >= 15 is 0 Å². The second kappa shape index (κ2) is 7.78. The Kier molecular flexibility index (Phi) is 5.22. The van der Waals surface area contributed by atoms with Crippen molar-refractivity contribution in [1.82, 2.24) is 19.4 Å². The van der Waals surface area contributed by atoms with Gasteiger partial charge in [-0.1, -0.05) is 6.07 Å². The predicted molar refractivity (Wildman–Crippen MR) is 90.8 cm³/mol. The number of nitrogens with zero attached hydrogens (tertiary/aromatic N) is 2. The molecule has 2 heterocycles. The molecule has 0 aliphatic rings. The summed E-state index contributed by atoms with van der Waals surface area (Å²) in [7, 11) is 0. The number of carbonyl (C=O) groups excluding carboxylic acids is 2. The van der Waals surface area contributed by atoms with Crippen LogP contribution in [0.2, 0.25) is 0 Å². The summed E-state index contributed by atoms with van der Waals surface area (Å²) >= 11 is 0. The van der Waals surface area contributed by atoms with E-state index in [-0.39, 0.29) is 20.6 Å². The third-order valence-electron chi connectivity index (χ3n) is 3.43. The van der Waals surface area contributed by atoms with Crippen LogP contribution in [-0.4, -0.2) is 31.4 Å². The first-order chi connectivity index (χ1) is 14.2. The number of H-pyrrole nitrogens is 2. The number of hydrogen-bond acceptors (Lipinski definition) is 8. The highest BCUT2D eigenvalue weighted by Gasteiger charge is 2.17. The van der Waals surface area contributed by atoms with Crippen LogP contribution in [0.5, 0.6) is 0 Å². The van der Waals surface area contributed by atoms with Crippen molar-refractivity contribution in [2.45, 2.75) is 0 Å². The van der Waals surface area contributed by atoms with Gasteiger partial charge in [0.25, 0.3) is 11.1 Å². The smallest absolute Gasteiger partial charge is 0.327 e. The SMILES string of the molecule is O=C(On1cc(F)c(=O)[nH]c1=O)c1cccc(C(=O)On2cc(F)c(=O)[nH]c2=O)c1. The highest BCUT2D eigenvalue weighted by Crippen LogP contribution is 2.07. The molecule has 0 unspecified atom stereocenters. The Bertz CT molecular complexity index is 1300. The minimum atomic E-state index is -1.39. The van der Waals surface area contributed by atoms with E-state index in [2.05, 4.69) is 9.68 Å². The average molecular weight is 422 g/mol. The molecule has 2 N–H and O–H groups in total. The highest BCUT2D eigenvalue weighted by atomic mass is 19.1. The molecule has 0 aliphatic heterocycles. The van der Waals surface area contributed by atoms with E-state index in [1.165, 1.54) is 6.07 Å². The molecular weight excluding hydrogens is 414 g/mol. The van der Waals surface area contributed by atoms with Gasteiger partial charge in [0, 0.05) is 0 Å². The van der Waals surface area contributed by atoms with E-state index in [1.807, 2.05) is 0 Å². The third-order valence-corrected chi connectivity index (χ3v) is 3.43. The molecule has 154 valence electrons. The van der Waals surface area contributed by atoms with Crippen LogP contribution in [0.4, 0.5) is 8.78 Å². The monoisotopic (exact) mass is 422 g/mol. The molecule has 2 aromatic heterocycles. The molecule has 0 atom stereocenters. The number of nitrogens with one attached hydrogen (secondary N) is 2. The minimum Gasteiger partial charge on any atom is -0.327 e. The van der Waals surface area contributed by atoms with Crippen LogP contribution in [-0.2, 0) is 0 Å². The molecule has 3 aromatic rings. The lowest BCUT2D eigenvalue weighted by molar-refractivity contribution is 0.0427. The molecule has 30 heavy (non-hydrogen) atoms. The van der Waals surface area contributed by atoms with Crippen molar-refractivity contribution in [3.63, 3.8) is 0 Å². The number of aromatic nitrogens is 4. The first kappa shape index (κ1) is 20.1. The largest absolute Gasteiger partial charge is 0.363 e. The quantitative estimate of drug-likeness (QED) is 0.498. The van der Waals surface area contributed by atoms with Gasteiger partial charge in [-0.3, -0.25) is 19.6 Å². The zero-order chi connectivity index (χ0) is 22.0. The van der Waals surface area contributed by atoms with Gasteiger partial charge >= 0.3 is 23.3 Å². The maximum Gasteiger partial charge on any atom is 0.363 e. The summed E-state index contributed by atoms with van der Waals surface area (Å²) in [5, 5.41) is 0. The normalized spacial score (nSPS) is 10.5. The van der Waals surface area contributed by atoms with E-state index in [0.29, 0.717) is 12.4 Å². The Labute approximate surface area is 161 Å². The molecule has 0 spiro atoms. The minimum absolute atomic E-state index is 0.132. The van der Waals surface area contributed by atoms with Gasteiger partial charge in [0.2, 0.25) is 11.6 Å². The lowest BCUT2D eigenvalue weighted by Gasteiger charge is -2.08. The average Bonchev–Trinajstić information content (AvgIpc) is 2.70. The van der Waals surface area contributed by atoms with Crippen LogP contribution in [0.3, 0.4) is 0 Å². The maximum atomic E-state index is 13.2. The van der Waals surface area contributed by atoms with Gasteiger partial charge in [-0.2, -0.15) is 8.78 Å². The first-order valence-corrected chi connectivity index (χ1v) is 7.74. The van der Waals surface area contributed by atoms with Crippen molar-refractivity contribution in [3.8, 4) is 0 Å². The Hall–Kier alpha value is -4.62. The predicted octanol–water partition coefficient (Wildman–Crippen LogP) is -1.80. The fourth-order valence-electron chi connectivity index (χ4n) is 2.06. The number of halogens is 2. The summed E-state index contributed by atoms with van der Waals surface area (Å²) in [5.41, 5.74) is -5.70. The Morgan fingerprint density at radius 3 is 1.57 bits per heavy atom. The second-order valence-corrected chi connectivity index (χ2v) is 5.46. The number of benzene rings is 1. The molecule has 0 aliphatic carbocycles. The van der Waals surface area contributed by atoms with Crippen molar-refractivity contribution >= 4 is 11.9 Å². The van der Waals surface area contributed by atoms with Crippen LogP contribution in [0, 0.1) is 11.6 Å². The summed E-state index contributed by atoms with van der Waals surface area (Å²) in [6.45, 7) is 0. The summed E-state index contributed by atoms with van der Waals surface area (Å²) in [6.07, 6.45) is 0.683. The molecule has 0 radical (unpaired) electrons. The first-order valence-electron chi connectivity index (χ1n) is 7.74. The van der Waals surface area contributed by atoms with Crippen LogP contribution < -0.4 is 32.2 Å². The van der Waals surface area contributed by atoms with Gasteiger partial charge in [0.05, 0.1) is 23.5 Å². The Morgan fingerprint density at radius 2 is 1.17 bits per heavy atom. The Morgan fingerprint density at radius 1 is 0.767 bits per heavy atom. The van der Waals surface area contributed by atoms with Crippen LogP contribution in [0.1, 0.15) is 20.7 Å². The van der Waals surface area contributed by atoms with Crippen molar-refractivity contribution in [2.24, 2.45) is 0 Å². The van der Waals surface area contributed by atoms with Crippen molar-refractivity contribution in [2.75, 3.05) is 0 Å². The molecule has 14 heteroatoms. The number of rotatable bonds is 4. The van der Waals surface area contributed by atoms with Crippen LogP contribution in [0.15, 0.2) is 55.8 Å². The van der Waals surface area contributed by atoms with E-state index in [1.54, 1.807) is 9.97 Å². The molecule has 0 saturated heterocycles. The van der Waals surface area contributed by atoms with Gasteiger partial charge in [0.1, 0.15) is 0 Å². The molecule has 0 bridgehead atoms. The van der Waals surface area contributed by atoms with Gasteiger partial charge in [-0.05, 0) is 18.2 Å². The van der Waals surface area contributed by atoms with Crippen LogP contribution >= 0.6 is 0 Å². The molecule has 0 fully saturated rings. The number of hydrogen-bond donors (Lipinski definition) is 2. The third kappa shape index (κ3) is 4.11. The van der Waals surface area contributed by atoms with Gasteiger partial charge < -0.3 is 9.68 Å². The zero-order valence-corrected chi connectivity index (χ0v) is 14.4. The van der Waals surface area contributed by atoms with E-state index in [4.69, 9.17) is 0 Å². The summed E-state index contributed by atoms with van der Waals surface area (Å²) in [5.74, 6) is -5.22. The summed E-state index contributed by atoms with van der Waals surface area (Å²) in [4.78, 5) is 81.7. The van der Waals surface area contributed by atoms with E-state index < -0.39 is 46.1 Å². The molecule has 1 aromatic carbocycles. The molecule has 0 amide bonds. The van der Waals surface area contributed by atoms with Crippen LogP contribution in [0.25, 0.3) is 0 Å². The van der Waals surface area contributed by atoms with Gasteiger partial charge in [-0.15, -0.1) is 9.46 Å². The molecule has 0 saturated carbocycles. The van der Waals surface area contributed by atoms with E-state index in [9.17, 15) is 37.5 Å². The van der Waals surface area contributed by atoms with Gasteiger partial charge in [0.15, 0.2) is 0 Å². The lowest BCUT2D eigenvalue weighted by atomic mass is 10.1.